The largest absolute Gasteiger partial charge is 0.468 e. The number of ether oxygens (including phenoxy) is 1. The highest BCUT2D eigenvalue weighted by Gasteiger charge is 2.29. The first kappa shape index (κ1) is 18.7. The van der Waals surface area contributed by atoms with Gasteiger partial charge in [-0.15, -0.1) is 16.9 Å². The van der Waals surface area contributed by atoms with Crippen molar-refractivity contribution in [3.63, 3.8) is 0 Å². The molecule has 2 heterocycles. The van der Waals surface area contributed by atoms with Gasteiger partial charge in [0.1, 0.15) is 5.25 Å². The molecule has 0 radical (unpaired) electrons. The molecule has 3 rings (SSSR count). The van der Waals surface area contributed by atoms with Crippen molar-refractivity contribution >= 4 is 35.4 Å². The molecular weight excluding hydrogens is 374 g/mol. The second-order valence-electron chi connectivity index (χ2n) is 5.67. The summed E-state index contributed by atoms with van der Waals surface area (Å²) < 4.78 is 6.42. The zero-order chi connectivity index (χ0) is 18.5. The maximum absolute atomic E-state index is 12.5. The van der Waals surface area contributed by atoms with Crippen LogP contribution in [-0.4, -0.2) is 73.9 Å². The third-order valence-corrected chi connectivity index (χ3v) is 6.06. The molecule has 0 bridgehead atoms. The van der Waals surface area contributed by atoms with Crippen LogP contribution in [0.5, 0.6) is 0 Å². The van der Waals surface area contributed by atoms with Crippen LogP contribution in [0, 0.1) is 6.92 Å². The van der Waals surface area contributed by atoms with Gasteiger partial charge < -0.3 is 9.64 Å². The molecule has 1 aliphatic heterocycles. The first-order chi connectivity index (χ1) is 12.6. The molecule has 8 nitrogen and oxygen atoms in total. The van der Waals surface area contributed by atoms with E-state index in [2.05, 4.69) is 15.5 Å². The maximum Gasteiger partial charge on any atom is 0.320 e. The fourth-order valence-corrected chi connectivity index (χ4v) is 4.50. The van der Waals surface area contributed by atoms with Crippen molar-refractivity contribution in [1.82, 2.24) is 25.1 Å². The van der Waals surface area contributed by atoms with Crippen molar-refractivity contribution in [3.05, 3.63) is 29.8 Å². The third kappa shape index (κ3) is 4.18. The summed E-state index contributed by atoms with van der Waals surface area (Å²) in [5.41, 5.74) is 1.93. The Morgan fingerprint density at radius 1 is 1.38 bits per heavy atom. The van der Waals surface area contributed by atoms with E-state index in [0.29, 0.717) is 18.2 Å². The highest BCUT2D eigenvalue weighted by atomic mass is 32.2. The number of tetrazole rings is 1. The smallest absolute Gasteiger partial charge is 0.320 e. The number of amides is 1. The number of aromatic nitrogens is 4. The average Bonchev–Trinajstić information content (AvgIpc) is 3.14. The van der Waals surface area contributed by atoms with Gasteiger partial charge in [0.05, 0.1) is 18.6 Å². The average molecular weight is 393 g/mol. The number of carbonyl (C=O) groups excluding carboxylic acids is 2. The second kappa shape index (κ2) is 8.54. The molecule has 0 unspecified atom stereocenters. The highest BCUT2D eigenvalue weighted by molar-refractivity contribution is 8.00. The van der Waals surface area contributed by atoms with Crippen LogP contribution in [0.1, 0.15) is 5.56 Å². The molecule has 10 heteroatoms. The SMILES string of the molecule is COC(=O)[C@H]1CN(C(=O)CSc2nnnn2-c2ccccc2C)CCS1. The number of nitrogens with zero attached hydrogens (tertiary/aromatic N) is 5. The molecule has 0 aliphatic carbocycles. The number of benzene rings is 1. The number of aryl methyl sites for hydroxylation is 1. The quantitative estimate of drug-likeness (QED) is 0.553. The maximum atomic E-state index is 12.5. The van der Waals surface area contributed by atoms with Gasteiger partial charge in [0.25, 0.3) is 0 Å². The molecule has 0 spiro atoms. The van der Waals surface area contributed by atoms with Crippen LogP contribution in [0.3, 0.4) is 0 Å². The summed E-state index contributed by atoms with van der Waals surface area (Å²) in [6.45, 7) is 2.98. The van der Waals surface area contributed by atoms with E-state index in [9.17, 15) is 9.59 Å². The van der Waals surface area contributed by atoms with E-state index in [1.54, 1.807) is 9.58 Å². The number of para-hydroxylation sites is 1. The van der Waals surface area contributed by atoms with E-state index < -0.39 is 0 Å². The first-order valence-corrected chi connectivity index (χ1v) is 10.1. The Morgan fingerprint density at radius 2 is 2.19 bits per heavy atom. The van der Waals surface area contributed by atoms with Gasteiger partial charge >= 0.3 is 5.97 Å². The number of hydrogen-bond donors (Lipinski definition) is 0. The van der Waals surface area contributed by atoms with E-state index >= 15 is 0 Å². The van der Waals surface area contributed by atoms with Crippen molar-refractivity contribution < 1.29 is 14.3 Å². The van der Waals surface area contributed by atoms with Crippen LogP contribution in [0.2, 0.25) is 0 Å². The number of hydrogen-bond acceptors (Lipinski definition) is 8. The lowest BCUT2D eigenvalue weighted by atomic mass is 10.2. The minimum absolute atomic E-state index is 0.0384. The summed E-state index contributed by atoms with van der Waals surface area (Å²) >= 11 is 2.81. The fourth-order valence-electron chi connectivity index (χ4n) is 2.59. The zero-order valence-electron chi connectivity index (χ0n) is 14.5. The van der Waals surface area contributed by atoms with Crippen LogP contribution >= 0.6 is 23.5 Å². The van der Waals surface area contributed by atoms with Crippen molar-refractivity contribution in [2.45, 2.75) is 17.3 Å². The molecule has 2 aromatic rings. The van der Waals surface area contributed by atoms with Crippen molar-refractivity contribution in [3.8, 4) is 5.69 Å². The molecule has 1 aliphatic rings. The van der Waals surface area contributed by atoms with Gasteiger partial charge in [0.15, 0.2) is 0 Å². The van der Waals surface area contributed by atoms with Gasteiger partial charge in [-0.25, -0.2) is 0 Å². The fraction of sp³-hybridized carbons (Fsp3) is 0.438. The zero-order valence-corrected chi connectivity index (χ0v) is 16.1. The summed E-state index contributed by atoms with van der Waals surface area (Å²) in [5, 5.41) is 12.0. The Bertz CT molecular complexity index is 798. The van der Waals surface area contributed by atoms with Gasteiger partial charge in [0.2, 0.25) is 11.1 Å². The van der Waals surface area contributed by atoms with E-state index in [4.69, 9.17) is 4.74 Å². The molecule has 1 saturated heterocycles. The minimum atomic E-state index is -0.319. The number of thioether (sulfide) groups is 2. The van der Waals surface area contributed by atoms with Gasteiger partial charge in [-0.3, -0.25) is 9.59 Å². The molecule has 1 atom stereocenters. The third-order valence-electron chi connectivity index (χ3n) is 3.99. The van der Waals surface area contributed by atoms with Crippen molar-refractivity contribution in [2.75, 3.05) is 31.7 Å². The number of carbonyl (C=O) groups is 2. The van der Waals surface area contributed by atoms with Gasteiger partial charge in [-0.1, -0.05) is 30.0 Å². The van der Waals surface area contributed by atoms with Crippen LogP contribution in [0.15, 0.2) is 29.4 Å². The van der Waals surface area contributed by atoms with Crippen LogP contribution in [0.25, 0.3) is 5.69 Å². The molecular formula is C16H19N5O3S2. The predicted octanol–water partition coefficient (Wildman–Crippen LogP) is 1.18. The van der Waals surface area contributed by atoms with Gasteiger partial charge in [-0.05, 0) is 29.0 Å². The lowest BCUT2D eigenvalue weighted by Gasteiger charge is -2.30. The summed E-state index contributed by atoms with van der Waals surface area (Å²) in [6.07, 6.45) is 0. The van der Waals surface area contributed by atoms with Gasteiger partial charge in [-0.2, -0.15) is 4.68 Å². The molecule has 1 amide bonds. The number of methoxy groups -OCH3 is 1. The topological polar surface area (TPSA) is 90.2 Å². The lowest BCUT2D eigenvalue weighted by molar-refractivity contribution is -0.141. The highest BCUT2D eigenvalue weighted by Crippen LogP contribution is 2.23. The van der Waals surface area contributed by atoms with Crippen LogP contribution < -0.4 is 0 Å². The molecule has 26 heavy (non-hydrogen) atoms. The second-order valence-corrected chi connectivity index (χ2v) is 7.92. The molecule has 0 saturated carbocycles. The monoisotopic (exact) mass is 393 g/mol. The molecule has 1 fully saturated rings. The summed E-state index contributed by atoms with van der Waals surface area (Å²) in [4.78, 5) is 25.9. The normalized spacial score (nSPS) is 17.2. The Morgan fingerprint density at radius 3 is 2.96 bits per heavy atom. The van der Waals surface area contributed by atoms with Crippen molar-refractivity contribution in [1.29, 1.82) is 0 Å². The Hall–Kier alpha value is -2.07. The van der Waals surface area contributed by atoms with E-state index in [-0.39, 0.29) is 22.9 Å². The van der Waals surface area contributed by atoms with Crippen LogP contribution in [-0.2, 0) is 14.3 Å². The van der Waals surface area contributed by atoms with Crippen molar-refractivity contribution in [2.24, 2.45) is 0 Å². The summed E-state index contributed by atoms with van der Waals surface area (Å²) in [6, 6.07) is 7.78. The molecule has 138 valence electrons. The lowest BCUT2D eigenvalue weighted by Crippen LogP contribution is -2.45. The molecule has 0 N–H and O–H groups in total. The Balaban J connectivity index is 1.63. The summed E-state index contributed by atoms with van der Waals surface area (Å²) in [7, 11) is 1.37. The summed E-state index contributed by atoms with van der Waals surface area (Å²) in [5.74, 6) is 0.606. The molecule has 1 aromatic heterocycles. The van der Waals surface area contributed by atoms with E-state index in [1.165, 1.54) is 30.6 Å². The first-order valence-electron chi connectivity index (χ1n) is 8.04. The predicted molar refractivity (Wildman–Crippen MR) is 99.5 cm³/mol. The number of rotatable bonds is 5. The van der Waals surface area contributed by atoms with E-state index in [1.807, 2.05) is 31.2 Å². The number of esters is 1. The standard InChI is InChI=1S/C16H19N5O3S2/c1-11-5-3-4-6-12(11)21-16(17-18-19-21)26-10-14(22)20-7-8-25-13(9-20)15(23)24-2/h3-6,13H,7-10H2,1-2H3/t13-/m1/s1. The Kier molecular flexibility index (Phi) is 6.15. The molecule has 1 aromatic carbocycles. The van der Waals surface area contributed by atoms with Gasteiger partial charge in [0, 0.05) is 18.8 Å². The van der Waals surface area contributed by atoms with E-state index in [0.717, 1.165) is 17.0 Å². The minimum Gasteiger partial charge on any atom is -0.468 e. The Labute approximate surface area is 159 Å². The van der Waals surface area contributed by atoms with Crippen LogP contribution in [0.4, 0.5) is 0 Å².